The molecule has 0 amide bonds. The molecular formula is C21H25N5O3S2. The van der Waals surface area contributed by atoms with E-state index >= 15 is 0 Å². The molecule has 0 aliphatic rings. The van der Waals surface area contributed by atoms with E-state index in [0.29, 0.717) is 22.7 Å². The van der Waals surface area contributed by atoms with Gasteiger partial charge in [-0.15, -0.1) is 10.2 Å². The normalized spacial score (nSPS) is 11.9. The van der Waals surface area contributed by atoms with Crippen molar-refractivity contribution in [2.45, 2.75) is 49.0 Å². The van der Waals surface area contributed by atoms with E-state index in [4.69, 9.17) is 9.47 Å². The lowest BCUT2D eigenvalue weighted by molar-refractivity contribution is -0.142. The Morgan fingerprint density at radius 3 is 2.42 bits per heavy atom. The summed E-state index contributed by atoms with van der Waals surface area (Å²) >= 11 is 2.81. The lowest BCUT2D eigenvalue weighted by Gasteiger charge is -2.13. The van der Waals surface area contributed by atoms with Gasteiger partial charge in [0.2, 0.25) is 0 Å². The van der Waals surface area contributed by atoms with Crippen LogP contribution in [0.15, 0.2) is 40.6 Å². The molecule has 0 spiro atoms. The van der Waals surface area contributed by atoms with Gasteiger partial charge in [-0.2, -0.15) is 0 Å². The summed E-state index contributed by atoms with van der Waals surface area (Å²) in [7, 11) is 1.63. The summed E-state index contributed by atoms with van der Waals surface area (Å²) in [6, 6.07) is 9.56. The van der Waals surface area contributed by atoms with Crippen LogP contribution in [0.5, 0.6) is 5.75 Å². The summed E-state index contributed by atoms with van der Waals surface area (Å²) in [6.45, 7) is 7.83. The average molecular weight is 460 g/mol. The van der Waals surface area contributed by atoms with E-state index in [0.717, 1.165) is 28.6 Å². The van der Waals surface area contributed by atoms with E-state index in [2.05, 4.69) is 20.2 Å². The standard InChI is InChI=1S/C21H25N5O3S2/c1-6-29-19(27)15(4)31-21-25-24-18(12-30-20-22-13(2)11-14(3)23-20)26(21)16-7-9-17(28-5)10-8-16/h7-11,15H,6,12H2,1-5H3/t15-/m1/s1. The van der Waals surface area contributed by atoms with Gasteiger partial charge in [-0.05, 0) is 58.0 Å². The number of aryl methyl sites for hydroxylation is 2. The van der Waals surface area contributed by atoms with E-state index in [-0.39, 0.29) is 5.97 Å². The van der Waals surface area contributed by atoms with Gasteiger partial charge in [-0.25, -0.2) is 9.97 Å². The van der Waals surface area contributed by atoms with Crippen LogP contribution in [0.3, 0.4) is 0 Å². The zero-order chi connectivity index (χ0) is 22.4. The number of carbonyl (C=O) groups excluding carboxylic acids is 1. The molecule has 0 aliphatic heterocycles. The van der Waals surface area contributed by atoms with Crippen molar-refractivity contribution in [3.63, 3.8) is 0 Å². The summed E-state index contributed by atoms with van der Waals surface area (Å²) in [5.74, 6) is 1.73. The molecular weight excluding hydrogens is 434 g/mol. The first-order chi connectivity index (χ1) is 14.9. The highest BCUT2D eigenvalue weighted by molar-refractivity contribution is 8.00. The average Bonchev–Trinajstić information content (AvgIpc) is 3.14. The maximum atomic E-state index is 12.1. The van der Waals surface area contributed by atoms with E-state index in [1.165, 1.54) is 23.5 Å². The molecule has 0 saturated carbocycles. The van der Waals surface area contributed by atoms with Crippen molar-refractivity contribution in [1.29, 1.82) is 0 Å². The van der Waals surface area contributed by atoms with Gasteiger partial charge in [0.1, 0.15) is 16.8 Å². The SMILES string of the molecule is CCOC(=O)[C@@H](C)Sc1nnc(CSc2nc(C)cc(C)n2)n1-c1ccc(OC)cc1. The van der Waals surface area contributed by atoms with Crippen LogP contribution >= 0.6 is 23.5 Å². The minimum atomic E-state index is -0.413. The van der Waals surface area contributed by atoms with Crippen molar-refractivity contribution in [3.8, 4) is 11.4 Å². The van der Waals surface area contributed by atoms with Crippen LogP contribution < -0.4 is 4.74 Å². The fourth-order valence-corrected chi connectivity index (χ4v) is 4.56. The highest BCUT2D eigenvalue weighted by Gasteiger charge is 2.22. The zero-order valence-electron chi connectivity index (χ0n) is 18.2. The van der Waals surface area contributed by atoms with Gasteiger partial charge < -0.3 is 9.47 Å². The predicted octanol–water partition coefficient (Wildman–Crippen LogP) is 4.02. The van der Waals surface area contributed by atoms with Crippen LogP contribution in [0.2, 0.25) is 0 Å². The van der Waals surface area contributed by atoms with Gasteiger partial charge in [0, 0.05) is 17.1 Å². The summed E-state index contributed by atoms with van der Waals surface area (Å²) in [5.41, 5.74) is 2.72. The van der Waals surface area contributed by atoms with Crippen LogP contribution in [-0.2, 0) is 15.3 Å². The Bertz CT molecular complexity index is 1020. The van der Waals surface area contributed by atoms with Crippen molar-refractivity contribution in [2.75, 3.05) is 13.7 Å². The van der Waals surface area contributed by atoms with Crippen LogP contribution in [0.25, 0.3) is 5.69 Å². The summed E-state index contributed by atoms with van der Waals surface area (Å²) in [4.78, 5) is 21.1. The van der Waals surface area contributed by atoms with Crippen LogP contribution in [0.1, 0.15) is 31.1 Å². The first-order valence-electron chi connectivity index (χ1n) is 9.78. The van der Waals surface area contributed by atoms with E-state index < -0.39 is 5.25 Å². The molecule has 31 heavy (non-hydrogen) atoms. The lowest BCUT2D eigenvalue weighted by atomic mass is 10.3. The summed E-state index contributed by atoms with van der Waals surface area (Å²) < 4.78 is 12.3. The first-order valence-corrected chi connectivity index (χ1v) is 11.6. The number of thioether (sulfide) groups is 2. The topological polar surface area (TPSA) is 92.0 Å². The maximum Gasteiger partial charge on any atom is 0.319 e. The molecule has 3 rings (SSSR count). The molecule has 0 N–H and O–H groups in total. The molecule has 2 heterocycles. The molecule has 3 aromatic rings. The minimum absolute atomic E-state index is 0.281. The van der Waals surface area contributed by atoms with Crippen molar-refractivity contribution in [1.82, 2.24) is 24.7 Å². The van der Waals surface area contributed by atoms with Gasteiger partial charge in [-0.1, -0.05) is 23.5 Å². The van der Waals surface area contributed by atoms with Crippen LogP contribution in [0, 0.1) is 13.8 Å². The largest absolute Gasteiger partial charge is 0.497 e. The molecule has 0 unspecified atom stereocenters. The van der Waals surface area contributed by atoms with Gasteiger partial charge in [0.25, 0.3) is 0 Å². The fraction of sp³-hybridized carbons (Fsp3) is 0.381. The maximum absolute atomic E-state index is 12.1. The molecule has 2 aromatic heterocycles. The lowest BCUT2D eigenvalue weighted by Crippen LogP contribution is -2.17. The smallest absolute Gasteiger partial charge is 0.319 e. The van der Waals surface area contributed by atoms with Crippen LogP contribution in [0.4, 0.5) is 0 Å². The second-order valence-corrected chi connectivity index (χ2v) is 8.92. The van der Waals surface area contributed by atoms with Crippen molar-refractivity contribution < 1.29 is 14.3 Å². The Kier molecular flexibility index (Phi) is 7.91. The number of hydrogen-bond donors (Lipinski definition) is 0. The van der Waals surface area contributed by atoms with Gasteiger partial charge in [0.15, 0.2) is 10.3 Å². The molecule has 1 aromatic carbocycles. The Hall–Kier alpha value is -2.59. The Morgan fingerprint density at radius 2 is 1.81 bits per heavy atom. The second kappa shape index (κ2) is 10.6. The third-order valence-electron chi connectivity index (χ3n) is 4.22. The van der Waals surface area contributed by atoms with Gasteiger partial charge >= 0.3 is 5.97 Å². The third kappa shape index (κ3) is 5.98. The Morgan fingerprint density at radius 1 is 1.13 bits per heavy atom. The van der Waals surface area contributed by atoms with E-state index in [1.807, 2.05) is 48.7 Å². The number of hydrogen-bond acceptors (Lipinski definition) is 9. The third-order valence-corrected chi connectivity index (χ3v) is 6.09. The van der Waals surface area contributed by atoms with E-state index in [9.17, 15) is 4.79 Å². The quantitative estimate of drug-likeness (QED) is 0.267. The fourth-order valence-electron chi connectivity index (χ4n) is 2.81. The highest BCUT2D eigenvalue weighted by atomic mass is 32.2. The summed E-state index contributed by atoms with van der Waals surface area (Å²) in [5, 5.41) is 9.63. The number of methoxy groups -OCH3 is 1. The molecule has 10 heteroatoms. The highest BCUT2D eigenvalue weighted by Crippen LogP contribution is 2.29. The zero-order valence-corrected chi connectivity index (χ0v) is 19.8. The van der Waals surface area contributed by atoms with Crippen molar-refractivity contribution in [3.05, 3.63) is 47.5 Å². The number of esters is 1. The number of ether oxygens (including phenoxy) is 2. The van der Waals surface area contributed by atoms with Gasteiger partial charge in [-0.3, -0.25) is 9.36 Å². The molecule has 0 fully saturated rings. The Balaban J connectivity index is 1.90. The van der Waals surface area contributed by atoms with Gasteiger partial charge in [0.05, 0.1) is 19.5 Å². The predicted molar refractivity (Wildman–Crippen MR) is 121 cm³/mol. The van der Waals surface area contributed by atoms with Crippen LogP contribution in [-0.4, -0.2) is 49.7 Å². The molecule has 164 valence electrons. The first kappa shape index (κ1) is 23.1. The number of aromatic nitrogens is 5. The van der Waals surface area contributed by atoms with E-state index in [1.54, 1.807) is 21.0 Å². The summed E-state index contributed by atoms with van der Waals surface area (Å²) in [6.07, 6.45) is 0. The van der Waals surface area contributed by atoms with Crippen molar-refractivity contribution >= 4 is 29.5 Å². The Labute approximate surface area is 190 Å². The molecule has 0 saturated heterocycles. The second-order valence-electron chi connectivity index (χ2n) is 6.67. The number of rotatable bonds is 9. The monoisotopic (exact) mass is 459 g/mol. The molecule has 0 aliphatic carbocycles. The number of benzene rings is 1. The molecule has 0 radical (unpaired) electrons. The molecule has 0 bridgehead atoms. The molecule has 8 nitrogen and oxygen atoms in total. The minimum Gasteiger partial charge on any atom is -0.497 e. The molecule has 1 atom stereocenters. The number of nitrogens with zero attached hydrogens (tertiary/aromatic N) is 5. The van der Waals surface area contributed by atoms with Crippen molar-refractivity contribution in [2.24, 2.45) is 0 Å². The number of carbonyl (C=O) groups is 1.